The fourth-order valence-corrected chi connectivity index (χ4v) is 1.76. The van der Waals surface area contributed by atoms with Crippen molar-refractivity contribution in [3.05, 3.63) is 53.8 Å². The van der Waals surface area contributed by atoms with Crippen molar-refractivity contribution in [1.29, 1.82) is 5.26 Å². The first kappa shape index (κ1) is 13.9. The van der Waals surface area contributed by atoms with Gasteiger partial charge < -0.3 is 4.74 Å². The zero-order valence-electron chi connectivity index (χ0n) is 9.91. The minimum Gasteiger partial charge on any atom is -0.406 e. The number of benzene rings is 2. The highest BCUT2D eigenvalue weighted by atomic mass is 19.4. The van der Waals surface area contributed by atoms with Crippen molar-refractivity contribution in [1.82, 2.24) is 0 Å². The molecule has 0 atom stereocenters. The molecule has 0 N–H and O–H groups in total. The van der Waals surface area contributed by atoms with E-state index in [1.54, 1.807) is 6.07 Å². The van der Waals surface area contributed by atoms with Gasteiger partial charge >= 0.3 is 6.36 Å². The molecule has 0 saturated carbocycles. The van der Waals surface area contributed by atoms with Gasteiger partial charge in [0, 0.05) is 5.56 Å². The van der Waals surface area contributed by atoms with Gasteiger partial charge in [-0.25, -0.2) is 4.39 Å². The third kappa shape index (κ3) is 3.06. The molecule has 0 heterocycles. The van der Waals surface area contributed by atoms with Crippen LogP contribution in [0.2, 0.25) is 0 Å². The maximum Gasteiger partial charge on any atom is 0.573 e. The Morgan fingerprint density at radius 2 is 1.75 bits per heavy atom. The van der Waals surface area contributed by atoms with E-state index < -0.39 is 17.9 Å². The number of rotatable bonds is 2. The predicted molar refractivity (Wildman–Crippen MR) is 63.2 cm³/mol. The lowest BCUT2D eigenvalue weighted by atomic mass is 9.99. The molecule has 0 aliphatic heterocycles. The highest BCUT2D eigenvalue weighted by molar-refractivity contribution is 5.72. The van der Waals surface area contributed by atoms with Gasteiger partial charge in [0.15, 0.2) is 0 Å². The van der Waals surface area contributed by atoms with E-state index in [-0.39, 0.29) is 16.7 Å². The molecule has 0 aliphatic carbocycles. The van der Waals surface area contributed by atoms with Crippen LogP contribution in [-0.2, 0) is 0 Å². The zero-order valence-corrected chi connectivity index (χ0v) is 9.91. The average Bonchev–Trinajstić information content (AvgIpc) is 2.36. The number of nitriles is 1. The SMILES string of the molecule is N#Cc1cccc(F)c1-c1cccc(OC(F)(F)F)c1. The van der Waals surface area contributed by atoms with Crippen LogP contribution in [0, 0.1) is 17.1 Å². The lowest BCUT2D eigenvalue weighted by Gasteiger charge is -2.11. The van der Waals surface area contributed by atoms with Gasteiger partial charge in [0.2, 0.25) is 0 Å². The second-order valence-corrected chi connectivity index (χ2v) is 3.85. The predicted octanol–water partition coefficient (Wildman–Crippen LogP) is 4.26. The Morgan fingerprint density at radius 1 is 1.05 bits per heavy atom. The van der Waals surface area contributed by atoms with Gasteiger partial charge in [-0.15, -0.1) is 13.2 Å². The molecule has 0 radical (unpaired) electrons. The van der Waals surface area contributed by atoms with Crippen LogP contribution >= 0.6 is 0 Å². The molecule has 102 valence electrons. The van der Waals surface area contributed by atoms with E-state index in [0.717, 1.165) is 18.2 Å². The Morgan fingerprint density at radius 3 is 2.40 bits per heavy atom. The molecular formula is C14H7F4NO. The zero-order chi connectivity index (χ0) is 14.8. The molecule has 2 aromatic rings. The maximum absolute atomic E-state index is 13.8. The third-order valence-electron chi connectivity index (χ3n) is 2.49. The van der Waals surface area contributed by atoms with Gasteiger partial charge in [-0.2, -0.15) is 5.26 Å². The Balaban J connectivity index is 2.50. The van der Waals surface area contributed by atoms with Gasteiger partial charge in [-0.05, 0) is 29.8 Å². The van der Waals surface area contributed by atoms with Crippen LogP contribution in [-0.4, -0.2) is 6.36 Å². The van der Waals surface area contributed by atoms with Crippen molar-refractivity contribution in [2.24, 2.45) is 0 Å². The number of hydrogen-bond acceptors (Lipinski definition) is 2. The minimum atomic E-state index is -4.83. The van der Waals surface area contributed by atoms with Gasteiger partial charge in [0.1, 0.15) is 11.6 Å². The highest BCUT2D eigenvalue weighted by Gasteiger charge is 2.31. The molecule has 0 amide bonds. The van der Waals surface area contributed by atoms with Crippen LogP contribution in [0.4, 0.5) is 17.6 Å². The first-order chi connectivity index (χ1) is 9.40. The topological polar surface area (TPSA) is 33.0 Å². The standard InChI is InChI=1S/C14H7F4NO/c15-12-6-2-4-10(8-19)13(12)9-3-1-5-11(7-9)20-14(16,17)18/h1-7H. The quantitative estimate of drug-likeness (QED) is 0.770. The molecule has 0 aromatic heterocycles. The largest absolute Gasteiger partial charge is 0.573 e. The fourth-order valence-electron chi connectivity index (χ4n) is 1.76. The Kier molecular flexibility index (Phi) is 3.61. The summed E-state index contributed by atoms with van der Waals surface area (Å²) in [5, 5.41) is 8.93. The Hall–Kier alpha value is -2.55. The summed E-state index contributed by atoms with van der Waals surface area (Å²) in [6.07, 6.45) is -4.83. The summed E-state index contributed by atoms with van der Waals surface area (Å²) < 4.78 is 54.0. The number of halogens is 4. The molecule has 20 heavy (non-hydrogen) atoms. The van der Waals surface area contributed by atoms with E-state index in [1.165, 1.54) is 24.3 Å². The Labute approximate surface area is 111 Å². The highest BCUT2D eigenvalue weighted by Crippen LogP contribution is 2.31. The van der Waals surface area contributed by atoms with E-state index in [1.807, 2.05) is 0 Å². The first-order valence-corrected chi connectivity index (χ1v) is 5.45. The fraction of sp³-hybridized carbons (Fsp3) is 0.0714. The van der Waals surface area contributed by atoms with E-state index in [0.29, 0.717) is 0 Å². The van der Waals surface area contributed by atoms with Gasteiger partial charge in [0.25, 0.3) is 0 Å². The number of nitrogens with zero attached hydrogens (tertiary/aromatic N) is 1. The van der Waals surface area contributed by atoms with Crippen molar-refractivity contribution < 1.29 is 22.3 Å². The summed E-state index contributed by atoms with van der Waals surface area (Å²) in [6, 6.07) is 10.5. The molecule has 6 heteroatoms. The minimum absolute atomic E-state index is 0.0363. The third-order valence-corrected chi connectivity index (χ3v) is 2.49. The summed E-state index contributed by atoms with van der Waals surface area (Å²) in [5.41, 5.74) is 0.123. The number of ether oxygens (including phenoxy) is 1. The molecule has 2 aromatic carbocycles. The van der Waals surface area contributed by atoms with Crippen LogP contribution in [0.15, 0.2) is 42.5 Å². The Bertz CT molecular complexity index is 674. The van der Waals surface area contributed by atoms with Crippen molar-refractivity contribution in [3.63, 3.8) is 0 Å². The van der Waals surface area contributed by atoms with E-state index in [4.69, 9.17) is 5.26 Å². The summed E-state index contributed by atoms with van der Waals surface area (Å²) in [5.74, 6) is -1.16. The van der Waals surface area contributed by atoms with Gasteiger partial charge in [-0.3, -0.25) is 0 Å². The second-order valence-electron chi connectivity index (χ2n) is 3.85. The van der Waals surface area contributed by atoms with Crippen molar-refractivity contribution in [3.8, 4) is 22.9 Å². The molecule has 0 unspecified atom stereocenters. The van der Waals surface area contributed by atoms with E-state index >= 15 is 0 Å². The summed E-state index contributed by atoms with van der Waals surface area (Å²) >= 11 is 0. The summed E-state index contributed by atoms with van der Waals surface area (Å²) in [6.45, 7) is 0. The van der Waals surface area contributed by atoms with Crippen molar-refractivity contribution in [2.45, 2.75) is 6.36 Å². The van der Waals surface area contributed by atoms with Crippen LogP contribution in [0.25, 0.3) is 11.1 Å². The van der Waals surface area contributed by atoms with Crippen molar-refractivity contribution >= 4 is 0 Å². The lowest BCUT2D eigenvalue weighted by molar-refractivity contribution is -0.274. The molecule has 0 aliphatic rings. The molecule has 0 spiro atoms. The molecule has 2 rings (SSSR count). The average molecular weight is 281 g/mol. The maximum atomic E-state index is 13.8. The van der Waals surface area contributed by atoms with Crippen LogP contribution in [0.3, 0.4) is 0 Å². The normalized spacial score (nSPS) is 10.9. The van der Waals surface area contributed by atoms with Crippen molar-refractivity contribution in [2.75, 3.05) is 0 Å². The smallest absolute Gasteiger partial charge is 0.406 e. The molecule has 2 nitrogen and oxygen atoms in total. The van der Waals surface area contributed by atoms with Crippen LogP contribution in [0.5, 0.6) is 5.75 Å². The molecule has 0 bridgehead atoms. The number of alkyl halides is 3. The van der Waals surface area contributed by atoms with Crippen LogP contribution < -0.4 is 4.74 Å². The second kappa shape index (κ2) is 5.21. The molecule has 0 saturated heterocycles. The lowest BCUT2D eigenvalue weighted by Crippen LogP contribution is -2.17. The van der Waals surface area contributed by atoms with Gasteiger partial charge in [-0.1, -0.05) is 18.2 Å². The number of hydrogen-bond donors (Lipinski definition) is 0. The molecule has 0 fully saturated rings. The summed E-state index contributed by atoms with van der Waals surface area (Å²) in [7, 11) is 0. The summed E-state index contributed by atoms with van der Waals surface area (Å²) in [4.78, 5) is 0. The first-order valence-electron chi connectivity index (χ1n) is 5.45. The monoisotopic (exact) mass is 281 g/mol. The van der Waals surface area contributed by atoms with E-state index in [9.17, 15) is 17.6 Å². The molecular weight excluding hydrogens is 274 g/mol. The van der Waals surface area contributed by atoms with Crippen LogP contribution in [0.1, 0.15) is 5.56 Å². The van der Waals surface area contributed by atoms with E-state index in [2.05, 4.69) is 4.74 Å². The van der Waals surface area contributed by atoms with Gasteiger partial charge in [0.05, 0.1) is 11.6 Å².